The highest BCUT2D eigenvalue weighted by atomic mass is 19.1. The van der Waals surface area contributed by atoms with Crippen LogP contribution >= 0.6 is 0 Å². The molecule has 0 unspecified atom stereocenters. The lowest BCUT2D eigenvalue weighted by Gasteiger charge is -2.28. The van der Waals surface area contributed by atoms with E-state index in [1.54, 1.807) is 0 Å². The first kappa shape index (κ1) is 23.3. The van der Waals surface area contributed by atoms with Gasteiger partial charge in [-0.2, -0.15) is 0 Å². The number of halogens is 1. The molecule has 6 rings (SSSR count). The minimum absolute atomic E-state index is 0.240. The van der Waals surface area contributed by atoms with Crippen LogP contribution in [0.1, 0.15) is 29.4 Å². The van der Waals surface area contributed by atoms with Crippen LogP contribution < -0.4 is 0 Å². The Morgan fingerprint density at radius 3 is 2.00 bits per heavy atom. The van der Waals surface area contributed by atoms with Gasteiger partial charge in [0.25, 0.3) is 0 Å². The SMILES string of the molecule is Fc1ccc(-c2nc3n(c2-c2ccncc2)[C@H](CN(Cc2ccccc2)Cc2ccccc2)CC3)cc1. The van der Waals surface area contributed by atoms with Crippen molar-refractivity contribution in [1.82, 2.24) is 19.4 Å². The second-order valence-corrected chi connectivity index (χ2v) is 9.67. The fourth-order valence-electron chi connectivity index (χ4n) is 5.41. The Morgan fingerprint density at radius 1 is 0.757 bits per heavy atom. The van der Waals surface area contributed by atoms with E-state index in [0.29, 0.717) is 0 Å². The number of pyridine rings is 1. The van der Waals surface area contributed by atoms with Gasteiger partial charge in [0.1, 0.15) is 11.6 Å². The molecule has 37 heavy (non-hydrogen) atoms. The summed E-state index contributed by atoms with van der Waals surface area (Å²) in [6.45, 7) is 2.67. The molecule has 5 aromatic rings. The summed E-state index contributed by atoms with van der Waals surface area (Å²) in [4.78, 5) is 11.9. The van der Waals surface area contributed by atoms with Crippen LogP contribution in [0, 0.1) is 5.82 Å². The molecule has 0 aliphatic carbocycles. The first-order chi connectivity index (χ1) is 18.2. The highest BCUT2D eigenvalue weighted by Gasteiger charge is 2.31. The molecular weight excluding hydrogens is 459 g/mol. The highest BCUT2D eigenvalue weighted by molar-refractivity contribution is 5.79. The van der Waals surface area contributed by atoms with Crippen molar-refractivity contribution < 1.29 is 4.39 Å². The summed E-state index contributed by atoms with van der Waals surface area (Å²) in [6.07, 6.45) is 5.62. The van der Waals surface area contributed by atoms with Crippen LogP contribution in [0.5, 0.6) is 0 Å². The third-order valence-electron chi connectivity index (χ3n) is 7.09. The smallest absolute Gasteiger partial charge is 0.123 e. The second-order valence-electron chi connectivity index (χ2n) is 9.67. The van der Waals surface area contributed by atoms with E-state index in [-0.39, 0.29) is 11.9 Å². The van der Waals surface area contributed by atoms with Gasteiger partial charge < -0.3 is 4.57 Å². The third kappa shape index (κ3) is 5.09. The van der Waals surface area contributed by atoms with Gasteiger partial charge in [0.05, 0.1) is 11.4 Å². The minimum Gasteiger partial charge on any atom is -0.323 e. The minimum atomic E-state index is -0.240. The van der Waals surface area contributed by atoms with Gasteiger partial charge in [-0.1, -0.05) is 60.7 Å². The number of aryl methyl sites for hydroxylation is 1. The summed E-state index contributed by atoms with van der Waals surface area (Å²) in [5.41, 5.74) is 6.62. The number of imidazole rings is 1. The summed E-state index contributed by atoms with van der Waals surface area (Å²) in [6, 6.07) is 32.4. The van der Waals surface area contributed by atoms with Crippen molar-refractivity contribution in [3.8, 4) is 22.5 Å². The van der Waals surface area contributed by atoms with Crippen LogP contribution in [-0.4, -0.2) is 26.0 Å². The standard InChI is InChI=1S/C32H29FN4/c33-28-13-11-26(12-14-28)31-32(27-17-19-34-20-18-27)37-29(15-16-30(37)35-31)23-36(21-24-7-3-1-4-8-24)22-25-9-5-2-6-10-25/h1-14,17-20,29H,15-16,21-23H2/t29-/m0/s1. The average molecular weight is 489 g/mol. The zero-order valence-corrected chi connectivity index (χ0v) is 20.7. The maximum atomic E-state index is 13.7. The van der Waals surface area contributed by atoms with Gasteiger partial charge in [0.2, 0.25) is 0 Å². The normalized spacial score (nSPS) is 14.7. The molecule has 1 atom stereocenters. The van der Waals surface area contributed by atoms with Crippen molar-refractivity contribution in [2.75, 3.05) is 6.54 Å². The number of rotatable bonds is 8. The summed E-state index contributed by atoms with van der Waals surface area (Å²) in [5, 5.41) is 0. The van der Waals surface area contributed by atoms with E-state index in [1.807, 2.05) is 36.7 Å². The zero-order valence-electron chi connectivity index (χ0n) is 20.7. The van der Waals surface area contributed by atoms with E-state index >= 15 is 0 Å². The molecule has 0 spiro atoms. The van der Waals surface area contributed by atoms with Crippen LogP contribution in [-0.2, 0) is 19.5 Å². The monoisotopic (exact) mass is 488 g/mol. The van der Waals surface area contributed by atoms with Gasteiger partial charge >= 0.3 is 0 Å². The molecule has 0 saturated heterocycles. The van der Waals surface area contributed by atoms with Crippen LogP contribution in [0.3, 0.4) is 0 Å². The molecule has 3 aromatic carbocycles. The molecule has 1 aliphatic rings. The van der Waals surface area contributed by atoms with Crippen LogP contribution in [0.25, 0.3) is 22.5 Å². The van der Waals surface area contributed by atoms with Gasteiger partial charge in [-0.25, -0.2) is 9.37 Å². The summed E-state index contributed by atoms with van der Waals surface area (Å²) < 4.78 is 16.1. The zero-order chi connectivity index (χ0) is 25.0. The van der Waals surface area contributed by atoms with Crippen LogP contribution in [0.15, 0.2) is 109 Å². The van der Waals surface area contributed by atoms with E-state index in [4.69, 9.17) is 4.98 Å². The molecule has 184 valence electrons. The van der Waals surface area contributed by atoms with Gasteiger partial charge in [0, 0.05) is 55.6 Å². The van der Waals surface area contributed by atoms with Crippen molar-refractivity contribution >= 4 is 0 Å². The molecule has 5 heteroatoms. The first-order valence-corrected chi connectivity index (χ1v) is 12.8. The third-order valence-corrected chi connectivity index (χ3v) is 7.09. The number of hydrogen-bond donors (Lipinski definition) is 0. The molecule has 0 bridgehead atoms. The fourth-order valence-corrected chi connectivity index (χ4v) is 5.41. The molecule has 4 nitrogen and oxygen atoms in total. The Bertz CT molecular complexity index is 1410. The lowest BCUT2D eigenvalue weighted by atomic mass is 10.0. The molecule has 0 radical (unpaired) electrons. The molecule has 0 saturated carbocycles. The largest absolute Gasteiger partial charge is 0.323 e. The van der Waals surface area contributed by atoms with Crippen molar-refractivity contribution in [2.24, 2.45) is 0 Å². The topological polar surface area (TPSA) is 34.0 Å². The summed E-state index contributed by atoms with van der Waals surface area (Å²) in [5.74, 6) is 0.854. The van der Waals surface area contributed by atoms with Crippen molar-refractivity contribution in [2.45, 2.75) is 32.0 Å². The number of fused-ring (bicyclic) bond motifs is 1. The van der Waals surface area contributed by atoms with E-state index in [9.17, 15) is 4.39 Å². The Labute approximate surface area is 217 Å². The van der Waals surface area contributed by atoms with E-state index in [0.717, 1.165) is 60.8 Å². The van der Waals surface area contributed by atoms with Crippen LogP contribution in [0.4, 0.5) is 4.39 Å². The number of nitrogens with zero attached hydrogens (tertiary/aromatic N) is 4. The van der Waals surface area contributed by atoms with Gasteiger partial charge in [-0.3, -0.25) is 9.88 Å². The lowest BCUT2D eigenvalue weighted by molar-refractivity contribution is 0.218. The molecule has 3 heterocycles. The van der Waals surface area contributed by atoms with Crippen LogP contribution in [0.2, 0.25) is 0 Å². The fraction of sp³-hybridized carbons (Fsp3) is 0.188. The quantitative estimate of drug-likeness (QED) is 0.237. The Balaban J connectivity index is 1.38. The van der Waals surface area contributed by atoms with Gasteiger partial charge in [-0.05, 0) is 53.9 Å². The van der Waals surface area contributed by atoms with Crippen molar-refractivity contribution in [3.63, 3.8) is 0 Å². The highest BCUT2D eigenvalue weighted by Crippen LogP contribution is 2.40. The predicted octanol–water partition coefficient (Wildman–Crippen LogP) is 6.94. The molecule has 1 aliphatic heterocycles. The molecular formula is C32H29FN4. The first-order valence-electron chi connectivity index (χ1n) is 12.8. The van der Waals surface area contributed by atoms with E-state index < -0.39 is 0 Å². The number of hydrogen-bond acceptors (Lipinski definition) is 3. The maximum Gasteiger partial charge on any atom is 0.123 e. The molecule has 2 aromatic heterocycles. The molecule has 0 N–H and O–H groups in total. The maximum absolute atomic E-state index is 13.7. The van der Waals surface area contributed by atoms with E-state index in [2.05, 4.69) is 75.1 Å². The van der Waals surface area contributed by atoms with Gasteiger partial charge in [0.15, 0.2) is 0 Å². The van der Waals surface area contributed by atoms with Crippen molar-refractivity contribution in [1.29, 1.82) is 0 Å². The number of aromatic nitrogens is 3. The Hall–Kier alpha value is -4.09. The second kappa shape index (κ2) is 10.5. The Kier molecular flexibility index (Phi) is 6.61. The van der Waals surface area contributed by atoms with Crippen molar-refractivity contribution in [3.05, 3.63) is 132 Å². The molecule has 0 amide bonds. The summed E-state index contributed by atoms with van der Waals surface area (Å²) >= 11 is 0. The predicted molar refractivity (Wildman–Crippen MR) is 145 cm³/mol. The van der Waals surface area contributed by atoms with Gasteiger partial charge in [-0.15, -0.1) is 0 Å². The lowest BCUT2D eigenvalue weighted by Crippen LogP contribution is -2.29. The van der Waals surface area contributed by atoms with E-state index in [1.165, 1.54) is 23.3 Å². The average Bonchev–Trinajstić information content (AvgIpc) is 3.51. The Morgan fingerprint density at radius 2 is 1.38 bits per heavy atom. The number of benzene rings is 3. The molecule has 0 fully saturated rings. The summed E-state index contributed by atoms with van der Waals surface area (Å²) in [7, 11) is 0.